The number of hydrogen-bond donors (Lipinski definition) is 0. The van der Waals surface area contributed by atoms with Gasteiger partial charge in [-0.2, -0.15) is 0 Å². The van der Waals surface area contributed by atoms with E-state index in [0.717, 1.165) is 11.1 Å². The molecule has 0 spiro atoms. The van der Waals surface area contributed by atoms with Crippen LogP contribution in [0.4, 0.5) is 0 Å². The first-order valence-corrected chi connectivity index (χ1v) is 9.40. The Kier molecular flexibility index (Phi) is 6.06. The summed E-state index contributed by atoms with van der Waals surface area (Å²) in [6.45, 7) is 8.94. The van der Waals surface area contributed by atoms with E-state index in [9.17, 15) is 14.4 Å². The lowest BCUT2D eigenvalue weighted by atomic mass is 9.85. The van der Waals surface area contributed by atoms with E-state index < -0.39 is 36.2 Å². The summed E-state index contributed by atoms with van der Waals surface area (Å²) < 4.78 is 21.6. The second-order valence-corrected chi connectivity index (χ2v) is 7.38. The van der Waals surface area contributed by atoms with Crippen molar-refractivity contribution in [3.63, 3.8) is 0 Å². The summed E-state index contributed by atoms with van der Waals surface area (Å²) in [5.41, 5.74) is 2.23. The number of furan rings is 1. The van der Waals surface area contributed by atoms with Crippen molar-refractivity contribution in [2.45, 2.75) is 51.9 Å². The highest BCUT2D eigenvalue weighted by molar-refractivity contribution is 5.92. The molecule has 0 bridgehead atoms. The zero-order chi connectivity index (χ0) is 21.1. The molecule has 2 heterocycles. The third kappa shape index (κ3) is 4.67. The van der Waals surface area contributed by atoms with Crippen LogP contribution in [0.3, 0.4) is 0 Å². The van der Waals surface area contributed by atoms with Gasteiger partial charge in [0.25, 0.3) is 0 Å². The zero-order valence-corrected chi connectivity index (χ0v) is 16.7. The molecular formula is C22H24O7. The van der Waals surface area contributed by atoms with E-state index in [1.165, 1.54) is 25.5 Å². The first kappa shape index (κ1) is 20.6. The van der Waals surface area contributed by atoms with Gasteiger partial charge in [-0.05, 0) is 31.6 Å². The number of carbonyl (C=O) groups excluding carboxylic acids is 3. The average molecular weight is 400 g/mol. The van der Waals surface area contributed by atoms with Crippen LogP contribution in [0.15, 0.2) is 58.5 Å². The van der Waals surface area contributed by atoms with Crippen LogP contribution >= 0.6 is 0 Å². The molecule has 0 saturated carbocycles. The Labute approximate surface area is 169 Å². The molecule has 0 aromatic carbocycles. The quantitative estimate of drug-likeness (QED) is 0.332. The molecule has 1 aromatic rings. The van der Waals surface area contributed by atoms with Crippen LogP contribution in [0.2, 0.25) is 0 Å². The van der Waals surface area contributed by atoms with E-state index in [-0.39, 0.29) is 17.1 Å². The summed E-state index contributed by atoms with van der Waals surface area (Å²) in [6.07, 6.45) is 5.49. The van der Waals surface area contributed by atoms with Gasteiger partial charge < -0.3 is 18.6 Å². The van der Waals surface area contributed by atoms with E-state index in [1.807, 2.05) is 19.9 Å². The summed E-state index contributed by atoms with van der Waals surface area (Å²) in [6, 6.07) is 1.52. The minimum absolute atomic E-state index is 0.251. The smallest absolute Gasteiger partial charge is 0.341 e. The monoisotopic (exact) mass is 400 g/mol. The maximum Gasteiger partial charge on any atom is 0.341 e. The fraction of sp³-hybridized carbons (Fsp3) is 0.409. The Morgan fingerprint density at radius 2 is 2.00 bits per heavy atom. The van der Waals surface area contributed by atoms with Crippen molar-refractivity contribution in [1.29, 1.82) is 0 Å². The molecule has 1 aliphatic heterocycles. The highest BCUT2D eigenvalue weighted by atomic mass is 16.6. The Hall–Kier alpha value is -3.09. The molecular weight excluding hydrogens is 376 g/mol. The molecule has 1 unspecified atom stereocenters. The molecule has 1 aliphatic carbocycles. The lowest BCUT2D eigenvalue weighted by Gasteiger charge is -2.28. The highest BCUT2D eigenvalue weighted by Crippen LogP contribution is 2.36. The van der Waals surface area contributed by atoms with Crippen LogP contribution in [-0.4, -0.2) is 36.2 Å². The number of esters is 3. The second kappa shape index (κ2) is 8.51. The van der Waals surface area contributed by atoms with Crippen molar-refractivity contribution in [3.05, 3.63) is 59.6 Å². The normalized spacial score (nSPS) is 27.3. The molecule has 7 heteroatoms. The van der Waals surface area contributed by atoms with Crippen LogP contribution in [0.5, 0.6) is 0 Å². The number of hydrogen-bond acceptors (Lipinski definition) is 7. The van der Waals surface area contributed by atoms with Crippen molar-refractivity contribution >= 4 is 17.9 Å². The van der Waals surface area contributed by atoms with Crippen molar-refractivity contribution in [3.8, 4) is 0 Å². The van der Waals surface area contributed by atoms with E-state index >= 15 is 0 Å². The molecule has 1 saturated heterocycles. The number of rotatable bonds is 3. The standard InChI is InChI=1S/C22H24O7/c1-12-5-6-17(27-15(4)23)13(2)10-19-20(14(3)21(24)28-19)18(9-12)29-22(25)16-7-8-26-11-16/h5,7-8,10-11,17-20H,3,6,9H2,1-2,4H3/t17-,18+,19-,20?/m0/s1. The highest BCUT2D eigenvalue weighted by Gasteiger charge is 2.44. The molecule has 29 heavy (non-hydrogen) atoms. The fourth-order valence-electron chi connectivity index (χ4n) is 3.61. The molecule has 3 rings (SSSR count). The van der Waals surface area contributed by atoms with E-state index in [4.69, 9.17) is 18.6 Å². The fourth-order valence-corrected chi connectivity index (χ4v) is 3.61. The maximum absolute atomic E-state index is 12.5. The second-order valence-electron chi connectivity index (χ2n) is 7.38. The molecule has 1 fully saturated rings. The van der Waals surface area contributed by atoms with Gasteiger partial charge in [0.2, 0.25) is 0 Å². The SMILES string of the molecule is C=C1C(=O)O[C@H]2C=C(C)[C@@H](OC(C)=O)CC=C(C)C[C@@H](OC(=O)c3ccoc3)C12. The summed E-state index contributed by atoms with van der Waals surface area (Å²) in [5.74, 6) is -2.01. The lowest BCUT2D eigenvalue weighted by molar-refractivity contribution is -0.144. The molecule has 1 aromatic heterocycles. The van der Waals surface area contributed by atoms with Crippen LogP contribution in [0, 0.1) is 5.92 Å². The van der Waals surface area contributed by atoms with Gasteiger partial charge in [0.05, 0.1) is 17.7 Å². The minimum Gasteiger partial charge on any atom is -0.472 e. The van der Waals surface area contributed by atoms with Crippen LogP contribution in [0.25, 0.3) is 0 Å². The van der Waals surface area contributed by atoms with E-state index in [1.54, 1.807) is 6.08 Å². The van der Waals surface area contributed by atoms with Gasteiger partial charge in [-0.3, -0.25) is 4.79 Å². The molecule has 0 N–H and O–H groups in total. The van der Waals surface area contributed by atoms with Crippen LogP contribution in [0.1, 0.15) is 44.0 Å². The largest absolute Gasteiger partial charge is 0.472 e. The van der Waals surface area contributed by atoms with Gasteiger partial charge in [-0.15, -0.1) is 0 Å². The molecule has 0 amide bonds. The molecule has 154 valence electrons. The van der Waals surface area contributed by atoms with Crippen LogP contribution in [-0.2, 0) is 23.8 Å². The molecule has 2 aliphatic rings. The summed E-state index contributed by atoms with van der Waals surface area (Å²) in [5, 5.41) is 0. The van der Waals surface area contributed by atoms with Crippen molar-refractivity contribution in [1.82, 2.24) is 0 Å². The third-order valence-corrected chi connectivity index (χ3v) is 5.12. The Bertz CT molecular complexity index is 875. The Morgan fingerprint density at radius 1 is 1.24 bits per heavy atom. The number of ether oxygens (including phenoxy) is 3. The van der Waals surface area contributed by atoms with E-state index in [2.05, 4.69) is 6.58 Å². The lowest BCUT2D eigenvalue weighted by Crippen LogP contribution is -2.34. The number of fused-ring (bicyclic) bond motifs is 1. The maximum atomic E-state index is 12.5. The molecule has 7 nitrogen and oxygen atoms in total. The topological polar surface area (TPSA) is 92.0 Å². The predicted molar refractivity (Wildman–Crippen MR) is 103 cm³/mol. The summed E-state index contributed by atoms with van der Waals surface area (Å²) >= 11 is 0. The average Bonchev–Trinajstić information content (AvgIpc) is 3.26. The Morgan fingerprint density at radius 3 is 2.66 bits per heavy atom. The molecule has 0 radical (unpaired) electrons. The van der Waals surface area contributed by atoms with Gasteiger partial charge in [0.1, 0.15) is 24.6 Å². The Balaban J connectivity index is 1.95. The predicted octanol–water partition coefficient (Wildman–Crippen LogP) is 3.52. The number of carbonyl (C=O) groups is 3. The minimum atomic E-state index is -0.666. The summed E-state index contributed by atoms with van der Waals surface area (Å²) in [4.78, 5) is 36.2. The van der Waals surface area contributed by atoms with Gasteiger partial charge in [-0.1, -0.05) is 18.2 Å². The van der Waals surface area contributed by atoms with E-state index in [0.29, 0.717) is 12.8 Å². The molecule has 4 atom stereocenters. The van der Waals surface area contributed by atoms with Gasteiger partial charge in [-0.25, -0.2) is 9.59 Å². The van der Waals surface area contributed by atoms with Crippen molar-refractivity contribution < 1.29 is 33.0 Å². The van der Waals surface area contributed by atoms with Gasteiger partial charge in [0, 0.05) is 25.3 Å². The first-order chi connectivity index (χ1) is 13.8. The van der Waals surface area contributed by atoms with Crippen molar-refractivity contribution in [2.75, 3.05) is 0 Å². The van der Waals surface area contributed by atoms with Gasteiger partial charge in [0.15, 0.2) is 0 Å². The zero-order valence-electron chi connectivity index (χ0n) is 16.7. The van der Waals surface area contributed by atoms with Crippen LogP contribution < -0.4 is 0 Å². The van der Waals surface area contributed by atoms with Gasteiger partial charge >= 0.3 is 17.9 Å². The first-order valence-electron chi connectivity index (χ1n) is 9.40. The summed E-state index contributed by atoms with van der Waals surface area (Å²) in [7, 11) is 0. The van der Waals surface area contributed by atoms with Crippen molar-refractivity contribution in [2.24, 2.45) is 5.92 Å². The third-order valence-electron chi connectivity index (χ3n) is 5.12.